The van der Waals surface area contributed by atoms with Crippen LogP contribution in [-0.4, -0.2) is 40.9 Å². The van der Waals surface area contributed by atoms with E-state index in [0.717, 1.165) is 17.0 Å². The van der Waals surface area contributed by atoms with Crippen LogP contribution in [0.25, 0.3) is 0 Å². The highest BCUT2D eigenvalue weighted by Gasteiger charge is 2.60. The molecule has 2 aromatic rings. The molecule has 1 fully saturated rings. The molecule has 182 valence electrons. The van der Waals surface area contributed by atoms with Gasteiger partial charge in [-0.25, -0.2) is 4.79 Å². The quantitative estimate of drug-likeness (QED) is 0.450. The molecule has 2 atom stereocenters. The predicted molar refractivity (Wildman–Crippen MR) is 111 cm³/mol. The molecule has 9 nitrogen and oxygen atoms in total. The number of aliphatic carboxylic acids is 1. The second-order valence-corrected chi connectivity index (χ2v) is 7.63. The Kier molecular flexibility index (Phi) is 6.82. The van der Waals surface area contributed by atoms with Crippen LogP contribution in [0.2, 0.25) is 0 Å². The summed E-state index contributed by atoms with van der Waals surface area (Å²) in [5.74, 6) is -3.41. The first-order chi connectivity index (χ1) is 16.4. The fraction of sp³-hybridized carbons (Fsp3) is 0.261. The summed E-state index contributed by atoms with van der Waals surface area (Å²) >= 11 is 0. The van der Waals surface area contributed by atoms with E-state index in [-0.39, 0.29) is 11.1 Å². The first kappa shape index (κ1) is 25.2. The van der Waals surface area contributed by atoms with Crippen molar-refractivity contribution in [2.24, 2.45) is 0 Å². The molecule has 0 aliphatic carbocycles. The van der Waals surface area contributed by atoms with Gasteiger partial charge in [-0.1, -0.05) is 36.4 Å². The molecule has 1 saturated heterocycles. The highest BCUT2D eigenvalue weighted by atomic mass is 19.4. The van der Waals surface area contributed by atoms with E-state index in [1.54, 1.807) is 6.07 Å². The molecule has 12 heteroatoms. The molecule has 2 N–H and O–H groups in total. The largest absolute Gasteiger partial charge is 0.481 e. The van der Waals surface area contributed by atoms with E-state index < -0.39 is 65.7 Å². The first-order valence-corrected chi connectivity index (χ1v) is 10.1. The Morgan fingerprint density at radius 2 is 1.83 bits per heavy atom. The third kappa shape index (κ3) is 4.65. The molecule has 35 heavy (non-hydrogen) atoms. The second-order valence-electron chi connectivity index (χ2n) is 7.63. The van der Waals surface area contributed by atoms with Crippen LogP contribution in [0.15, 0.2) is 48.5 Å². The van der Waals surface area contributed by atoms with E-state index in [9.17, 15) is 32.3 Å². The van der Waals surface area contributed by atoms with Gasteiger partial charge < -0.3 is 14.7 Å². The molecule has 1 heterocycles. The summed E-state index contributed by atoms with van der Waals surface area (Å²) in [6.07, 6.45) is -8.06. The lowest BCUT2D eigenvalue weighted by molar-refractivity contribution is -0.162. The van der Waals surface area contributed by atoms with Crippen LogP contribution in [0.1, 0.15) is 41.2 Å². The zero-order chi connectivity index (χ0) is 26.0. The number of nitrogens with one attached hydrogen (secondary N) is 1. The van der Waals surface area contributed by atoms with Crippen molar-refractivity contribution in [1.29, 1.82) is 5.26 Å². The number of halogens is 3. The third-order valence-corrected chi connectivity index (χ3v) is 5.56. The lowest BCUT2D eigenvalue weighted by Gasteiger charge is -2.39. The summed E-state index contributed by atoms with van der Waals surface area (Å²) in [7, 11) is 1.21. The molecule has 2 aromatic carbocycles. The number of ether oxygens (including phenoxy) is 1. The van der Waals surface area contributed by atoms with Crippen molar-refractivity contribution in [3.8, 4) is 6.07 Å². The van der Waals surface area contributed by atoms with Crippen LogP contribution >= 0.6 is 0 Å². The number of benzene rings is 2. The summed E-state index contributed by atoms with van der Waals surface area (Å²) in [5.41, 5.74) is -4.37. The van der Waals surface area contributed by atoms with Gasteiger partial charge in [0.15, 0.2) is 11.6 Å². The van der Waals surface area contributed by atoms with E-state index in [0.29, 0.717) is 6.07 Å². The van der Waals surface area contributed by atoms with Crippen LogP contribution in [0, 0.1) is 11.3 Å². The van der Waals surface area contributed by atoms with Gasteiger partial charge in [0.1, 0.15) is 0 Å². The summed E-state index contributed by atoms with van der Waals surface area (Å²) < 4.78 is 46.5. The lowest BCUT2D eigenvalue weighted by Crippen LogP contribution is -2.51. The second kappa shape index (κ2) is 9.46. The van der Waals surface area contributed by atoms with E-state index >= 15 is 0 Å². The minimum atomic E-state index is -4.96. The van der Waals surface area contributed by atoms with Crippen LogP contribution in [0.4, 0.5) is 18.0 Å². The van der Waals surface area contributed by atoms with Crippen molar-refractivity contribution in [1.82, 2.24) is 10.2 Å². The van der Waals surface area contributed by atoms with Crippen LogP contribution < -0.4 is 5.32 Å². The zero-order valence-corrected chi connectivity index (χ0v) is 18.1. The number of urea groups is 1. The number of imide groups is 1. The number of hydrogen-bond donors (Lipinski definition) is 2. The maximum atomic E-state index is 13.7. The van der Waals surface area contributed by atoms with Crippen LogP contribution in [-0.2, 0) is 30.8 Å². The summed E-state index contributed by atoms with van der Waals surface area (Å²) in [4.78, 5) is 50.1. The fourth-order valence-electron chi connectivity index (χ4n) is 3.90. The Labute approximate surface area is 196 Å². The highest BCUT2D eigenvalue weighted by molar-refractivity contribution is 6.08. The Morgan fingerprint density at radius 3 is 2.34 bits per heavy atom. The number of carboxylic acids is 1. The summed E-state index contributed by atoms with van der Waals surface area (Å²) in [6.45, 7) is 0. The van der Waals surface area contributed by atoms with Crippen LogP contribution in [0.5, 0.6) is 0 Å². The van der Waals surface area contributed by atoms with Crippen molar-refractivity contribution in [3.05, 3.63) is 70.8 Å². The third-order valence-electron chi connectivity index (χ3n) is 5.56. The minimum absolute atomic E-state index is 0.125. The molecule has 2 unspecified atom stereocenters. The van der Waals surface area contributed by atoms with Crippen LogP contribution in [0.3, 0.4) is 0 Å². The SMILES string of the molecule is CN1C(=O)NC(=O)C1(c1ccccc1)C(OC(=O)CCC(=O)O)c1ccc(C#N)c(C(F)(F)F)c1. The van der Waals surface area contributed by atoms with E-state index in [1.807, 2.05) is 0 Å². The van der Waals surface area contributed by atoms with Crippen molar-refractivity contribution < 1.29 is 42.2 Å². The first-order valence-electron chi connectivity index (χ1n) is 10.1. The molecule has 0 spiro atoms. The van der Waals surface area contributed by atoms with Crippen molar-refractivity contribution in [2.45, 2.75) is 30.7 Å². The van der Waals surface area contributed by atoms with Gasteiger partial charge in [0.25, 0.3) is 5.91 Å². The van der Waals surface area contributed by atoms with Gasteiger partial charge in [0.2, 0.25) is 0 Å². The number of likely N-dealkylation sites (N-methyl/N-ethyl adjacent to an activating group) is 1. The molecule has 0 radical (unpaired) electrons. The number of carboxylic acid groups (broad SMARTS) is 1. The normalized spacial score (nSPS) is 18.5. The number of hydrogen-bond acceptors (Lipinski definition) is 6. The standard InChI is InChI=1S/C23H18F3N3O6/c1-29-21(34)28-20(33)22(29,15-5-3-2-4-6-15)19(35-18(32)10-9-17(30)31)13-7-8-14(12-27)16(11-13)23(24,25)26/h2-8,11,19H,9-10H2,1H3,(H,30,31)(H,28,33,34). The number of rotatable bonds is 7. The molecule has 0 saturated carbocycles. The smallest absolute Gasteiger partial charge is 0.417 e. The van der Waals surface area contributed by atoms with Gasteiger partial charge in [-0.2, -0.15) is 18.4 Å². The Morgan fingerprint density at radius 1 is 1.17 bits per heavy atom. The number of carbonyl (C=O) groups excluding carboxylic acids is 3. The molecule has 3 amide bonds. The minimum Gasteiger partial charge on any atom is -0.481 e. The molecule has 0 bridgehead atoms. The van der Waals surface area contributed by atoms with Crippen molar-refractivity contribution in [2.75, 3.05) is 7.05 Å². The molecule has 1 aliphatic heterocycles. The highest BCUT2D eigenvalue weighted by Crippen LogP contribution is 2.46. The Hall–Kier alpha value is -4.40. The average molecular weight is 489 g/mol. The van der Waals surface area contributed by atoms with Gasteiger partial charge >= 0.3 is 24.1 Å². The Bertz CT molecular complexity index is 1230. The number of carbonyl (C=O) groups is 4. The van der Waals surface area contributed by atoms with Gasteiger partial charge in [0, 0.05) is 7.05 Å². The maximum absolute atomic E-state index is 13.7. The van der Waals surface area contributed by atoms with Gasteiger partial charge in [-0.15, -0.1) is 0 Å². The maximum Gasteiger partial charge on any atom is 0.417 e. The number of nitriles is 1. The predicted octanol–water partition coefficient (Wildman–Crippen LogP) is 3.10. The molecular formula is C23H18F3N3O6. The van der Waals surface area contributed by atoms with Crippen molar-refractivity contribution >= 4 is 23.9 Å². The van der Waals surface area contributed by atoms with E-state index in [2.05, 4.69) is 5.32 Å². The number of esters is 1. The number of alkyl halides is 3. The van der Waals surface area contributed by atoms with Gasteiger partial charge in [-0.05, 0) is 23.3 Å². The number of amides is 3. The number of nitrogens with zero attached hydrogens (tertiary/aromatic N) is 2. The monoisotopic (exact) mass is 489 g/mol. The topological polar surface area (TPSA) is 137 Å². The van der Waals surface area contributed by atoms with Crippen molar-refractivity contribution in [3.63, 3.8) is 0 Å². The van der Waals surface area contributed by atoms with Gasteiger partial charge in [-0.3, -0.25) is 19.7 Å². The molecular weight excluding hydrogens is 471 g/mol. The van der Waals surface area contributed by atoms with E-state index in [4.69, 9.17) is 15.1 Å². The zero-order valence-electron chi connectivity index (χ0n) is 18.1. The summed E-state index contributed by atoms with van der Waals surface area (Å²) in [6, 6.07) is 10.6. The molecule has 3 rings (SSSR count). The molecule has 0 aromatic heterocycles. The Balaban J connectivity index is 2.28. The van der Waals surface area contributed by atoms with E-state index in [1.165, 1.54) is 37.4 Å². The summed E-state index contributed by atoms with van der Waals surface area (Å²) in [5, 5.41) is 20.1. The average Bonchev–Trinajstić information content (AvgIpc) is 3.04. The molecule has 1 aliphatic rings. The lowest BCUT2D eigenvalue weighted by atomic mass is 9.79. The fourth-order valence-corrected chi connectivity index (χ4v) is 3.90. The van der Waals surface area contributed by atoms with Gasteiger partial charge in [0.05, 0.1) is 30.0 Å².